The summed E-state index contributed by atoms with van der Waals surface area (Å²) in [6.45, 7) is 7.02. The summed E-state index contributed by atoms with van der Waals surface area (Å²) >= 11 is 9.24. The van der Waals surface area contributed by atoms with Gasteiger partial charge in [0, 0.05) is 0 Å². The molecule has 0 aliphatic carbocycles. The van der Waals surface area contributed by atoms with Crippen molar-refractivity contribution < 1.29 is 13.6 Å². The Hall–Kier alpha value is 0.260. The molecule has 84 valence electrons. The molecule has 0 saturated carbocycles. The summed E-state index contributed by atoms with van der Waals surface area (Å²) in [5.41, 5.74) is 0. The molecule has 0 rings (SSSR count). The molecule has 0 aromatic carbocycles. The second kappa shape index (κ2) is 5.98. The van der Waals surface area contributed by atoms with Gasteiger partial charge < -0.3 is 29.9 Å². The van der Waals surface area contributed by atoms with Crippen LogP contribution < -0.4 is 5.09 Å². The number of nitrogens with one attached hydrogen (secondary N) is 1. The van der Waals surface area contributed by atoms with Crippen LogP contribution in [0.1, 0.15) is 27.7 Å². The topological polar surface area (TPSA) is 47.6 Å². The molecule has 0 atom stereocenters. The van der Waals surface area contributed by atoms with Crippen LogP contribution in [0.2, 0.25) is 0 Å². The minimum Gasteiger partial charge on any atom is -0.411 e. The number of rotatable bonds is 5. The Morgan fingerprint density at radius 2 is 1.64 bits per heavy atom. The van der Waals surface area contributed by atoms with Crippen LogP contribution in [0, 0.1) is 0 Å². The van der Waals surface area contributed by atoms with E-state index in [4.69, 9.17) is 9.05 Å². The lowest BCUT2D eigenvalue weighted by molar-refractivity contribution is 0.139. The maximum atomic E-state index is 11.9. The Kier molecular flexibility index (Phi) is 6.09. The Balaban J connectivity index is 4.49. The molecule has 0 aliphatic heterocycles. The Bertz CT molecular complexity index is 231. The van der Waals surface area contributed by atoms with Crippen molar-refractivity contribution in [3.05, 3.63) is 0 Å². The van der Waals surface area contributed by atoms with Crippen molar-refractivity contribution in [1.82, 2.24) is 5.09 Å². The van der Waals surface area contributed by atoms with Crippen LogP contribution in [0.4, 0.5) is 0 Å². The minimum absolute atomic E-state index is 0.0189. The van der Waals surface area contributed by atoms with Gasteiger partial charge in [0.2, 0.25) is 0 Å². The van der Waals surface area contributed by atoms with Crippen LogP contribution in [-0.2, 0) is 26.2 Å². The molecular formula is C7H15NO3PS2-. The van der Waals surface area contributed by atoms with E-state index in [2.05, 4.69) is 29.9 Å². The number of thiocarbonyl (C=S) groups is 1. The first-order valence-corrected chi connectivity index (χ1v) is 6.57. The van der Waals surface area contributed by atoms with Crippen LogP contribution in [-0.4, -0.2) is 16.5 Å². The molecule has 0 aromatic rings. The third kappa shape index (κ3) is 6.68. The summed E-state index contributed by atoms with van der Waals surface area (Å²) in [4.78, 5) is 0. The van der Waals surface area contributed by atoms with Gasteiger partial charge in [-0.2, -0.15) is 0 Å². The zero-order chi connectivity index (χ0) is 11.4. The standard InChI is InChI=1S/C7H16NO3PS2/c1-5(2)10-12(9,8-7(13)14)11-6(3)4/h5-6H,1-4H3,(H2,8,9,13,14)/p-1. The van der Waals surface area contributed by atoms with E-state index in [0.717, 1.165) is 0 Å². The van der Waals surface area contributed by atoms with Crippen molar-refractivity contribution in [2.45, 2.75) is 39.9 Å². The smallest absolute Gasteiger partial charge is 0.411 e. The molecule has 0 bridgehead atoms. The quantitative estimate of drug-likeness (QED) is 0.463. The highest BCUT2D eigenvalue weighted by molar-refractivity contribution is 8.01. The second-order valence-electron chi connectivity index (χ2n) is 3.21. The van der Waals surface area contributed by atoms with Crippen LogP contribution in [0.15, 0.2) is 0 Å². The highest BCUT2D eigenvalue weighted by Crippen LogP contribution is 2.46. The van der Waals surface area contributed by atoms with Gasteiger partial charge >= 0.3 is 7.75 Å². The summed E-state index contributed by atoms with van der Waals surface area (Å²) in [7, 11) is -3.38. The van der Waals surface area contributed by atoms with E-state index in [9.17, 15) is 4.57 Å². The molecule has 1 N–H and O–H groups in total. The van der Waals surface area contributed by atoms with Crippen LogP contribution in [0.3, 0.4) is 0 Å². The van der Waals surface area contributed by atoms with Gasteiger partial charge in [-0.05, 0) is 27.7 Å². The molecule has 0 aliphatic rings. The Labute approximate surface area is 95.7 Å². The largest absolute Gasteiger partial charge is 0.431 e. The van der Waals surface area contributed by atoms with E-state index in [0.29, 0.717) is 0 Å². The summed E-state index contributed by atoms with van der Waals surface area (Å²) in [6, 6.07) is 0. The van der Waals surface area contributed by atoms with E-state index >= 15 is 0 Å². The van der Waals surface area contributed by atoms with Gasteiger partial charge in [-0.3, -0.25) is 9.05 Å². The molecular weight excluding hydrogens is 241 g/mol. The van der Waals surface area contributed by atoms with Gasteiger partial charge in [0.15, 0.2) is 0 Å². The first kappa shape index (κ1) is 14.3. The van der Waals surface area contributed by atoms with Crippen LogP contribution in [0.5, 0.6) is 0 Å². The first-order chi connectivity index (χ1) is 6.25. The van der Waals surface area contributed by atoms with Crippen molar-refractivity contribution >= 4 is 36.9 Å². The molecule has 0 spiro atoms. The summed E-state index contributed by atoms with van der Waals surface area (Å²) in [5.74, 6) is 0. The van der Waals surface area contributed by atoms with Crippen molar-refractivity contribution in [2.75, 3.05) is 0 Å². The molecule has 0 unspecified atom stereocenters. The third-order valence-electron chi connectivity index (χ3n) is 0.927. The predicted molar refractivity (Wildman–Crippen MR) is 63.1 cm³/mol. The highest BCUT2D eigenvalue weighted by Gasteiger charge is 2.26. The average Bonchev–Trinajstić information content (AvgIpc) is 1.76. The van der Waals surface area contributed by atoms with Gasteiger partial charge in [0.05, 0.1) is 12.2 Å². The Morgan fingerprint density at radius 1 is 1.29 bits per heavy atom. The predicted octanol–water partition coefficient (Wildman–Crippen LogP) is 2.37. The fourth-order valence-corrected chi connectivity index (χ4v) is 2.90. The van der Waals surface area contributed by atoms with Gasteiger partial charge in [0.25, 0.3) is 0 Å². The summed E-state index contributed by atoms with van der Waals surface area (Å²) in [5, 5.41) is 2.38. The monoisotopic (exact) mass is 256 g/mol. The van der Waals surface area contributed by atoms with Gasteiger partial charge in [0.1, 0.15) is 0 Å². The highest BCUT2D eigenvalue weighted by atomic mass is 32.1. The molecule has 0 saturated heterocycles. The van der Waals surface area contributed by atoms with Crippen molar-refractivity contribution in [3.63, 3.8) is 0 Å². The lowest BCUT2D eigenvalue weighted by atomic mass is 10.5. The summed E-state index contributed by atoms with van der Waals surface area (Å²) < 4.78 is 22.2. The van der Waals surface area contributed by atoms with E-state index in [1.165, 1.54) is 0 Å². The number of hydrogen-bond acceptors (Lipinski definition) is 5. The van der Waals surface area contributed by atoms with Crippen molar-refractivity contribution in [3.8, 4) is 0 Å². The van der Waals surface area contributed by atoms with Crippen molar-refractivity contribution in [1.29, 1.82) is 0 Å². The molecule has 4 nitrogen and oxygen atoms in total. The normalized spacial score (nSPS) is 12.1. The average molecular weight is 256 g/mol. The van der Waals surface area contributed by atoms with E-state index in [1.807, 2.05) is 0 Å². The lowest BCUT2D eigenvalue weighted by Crippen LogP contribution is -2.22. The summed E-state index contributed by atoms with van der Waals surface area (Å²) in [6.07, 6.45) is -0.451. The first-order valence-electron chi connectivity index (χ1n) is 4.21. The van der Waals surface area contributed by atoms with Gasteiger partial charge in [-0.15, -0.1) is 0 Å². The van der Waals surface area contributed by atoms with Gasteiger partial charge in [-0.25, -0.2) is 4.57 Å². The fourth-order valence-electron chi connectivity index (χ4n) is 0.744. The molecule has 0 fully saturated rings. The molecule has 0 amide bonds. The van der Waals surface area contributed by atoms with E-state index in [-0.39, 0.29) is 16.5 Å². The molecule has 0 aromatic heterocycles. The molecule has 14 heavy (non-hydrogen) atoms. The van der Waals surface area contributed by atoms with E-state index < -0.39 is 7.75 Å². The second-order valence-corrected chi connectivity index (χ2v) is 5.92. The molecule has 0 radical (unpaired) electrons. The zero-order valence-electron chi connectivity index (χ0n) is 8.64. The maximum absolute atomic E-state index is 11.9. The maximum Gasteiger partial charge on any atom is 0.431 e. The van der Waals surface area contributed by atoms with Crippen LogP contribution in [0.25, 0.3) is 0 Å². The third-order valence-corrected chi connectivity index (χ3v) is 3.33. The zero-order valence-corrected chi connectivity index (χ0v) is 11.2. The molecule has 7 heteroatoms. The Morgan fingerprint density at radius 3 is 1.86 bits per heavy atom. The SMILES string of the molecule is CC(C)OP(=O)(NC(=S)[S-])OC(C)C. The lowest BCUT2D eigenvalue weighted by Gasteiger charge is -2.25. The molecule has 0 heterocycles. The van der Waals surface area contributed by atoms with Crippen LogP contribution >= 0.6 is 20.0 Å². The van der Waals surface area contributed by atoms with Gasteiger partial charge in [-0.1, -0.05) is 4.32 Å². The minimum atomic E-state index is -3.38. The van der Waals surface area contributed by atoms with E-state index in [1.54, 1.807) is 27.7 Å². The fraction of sp³-hybridized carbons (Fsp3) is 0.857. The van der Waals surface area contributed by atoms with Crippen molar-refractivity contribution in [2.24, 2.45) is 0 Å². The number of hydrogen-bond donors (Lipinski definition) is 1.